The van der Waals surface area contributed by atoms with Gasteiger partial charge in [0.2, 0.25) is 0 Å². The van der Waals surface area contributed by atoms with Gasteiger partial charge in [-0.2, -0.15) is 0 Å². The fraction of sp³-hybridized carbons (Fsp3) is 0.167. The molecule has 1 aromatic carbocycles. The Hall–Kier alpha value is -0.810. The first kappa shape index (κ1) is 12.6. The Bertz CT molecular complexity index is 539. The summed E-state index contributed by atoms with van der Waals surface area (Å²) in [5, 5.41) is 3.20. The normalized spacial score (nSPS) is 10.6. The van der Waals surface area contributed by atoms with E-state index in [0.29, 0.717) is 11.0 Å². The summed E-state index contributed by atoms with van der Waals surface area (Å²) in [6.07, 6.45) is 1.62. The Morgan fingerprint density at radius 1 is 1.29 bits per heavy atom. The van der Waals surface area contributed by atoms with Gasteiger partial charge in [0.1, 0.15) is 11.6 Å². The second kappa shape index (κ2) is 5.23. The lowest BCUT2D eigenvalue weighted by molar-refractivity contribution is 0.516. The molecule has 90 valence electrons. The third-order valence-corrected chi connectivity index (χ3v) is 3.71. The molecule has 0 atom stereocenters. The summed E-state index contributed by atoms with van der Waals surface area (Å²) in [6, 6.07) is 5.05. The lowest BCUT2D eigenvalue weighted by Crippen LogP contribution is -2.01. The minimum Gasteiger partial charge on any atom is -0.466 e. The molecule has 0 radical (unpaired) electrons. The van der Waals surface area contributed by atoms with Crippen molar-refractivity contribution >= 4 is 37.5 Å². The fourth-order valence-electron chi connectivity index (χ4n) is 1.46. The predicted molar refractivity (Wildman–Crippen MR) is 72.6 cm³/mol. The number of hydrogen-bond acceptors (Lipinski definition) is 2. The van der Waals surface area contributed by atoms with Crippen molar-refractivity contribution in [3.63, 3.8) is 0 Å². The molecule has 17 heavy (non-hydrogen) atoms. The molecule has 0 aliphatic carbocycles. The van der Waals surface area contributed by atoms with Gasteiger partial charge >= 0.3 is 0 Å². The van der Waals surface area contributed by atoms with Crippen LogP contribution < -0.4 is 5.32 Å². The van der Waals surface area contributed by atoms with Crippen molar-refractivity contribution in [1.29, 1.82) is 0 Å². The number of aryl methyl sites for hydroxylation is 1. The van der Waals surface area contributed by atoms with Gasteiger partial charge < -0.3 is 9.73 Å². The number of anilines is 1. The standard InChI is InChI=1S/C12H10Br2FNO/c1-7-4-10(15)9(14)5-11(7)16-6-12-8(13)2-3-17-12/h2-5,16H,6H2,1H3. The van der Waals surface area contributed by atoms with Gasteiger partial charge in [-0.3, -0.25) is 0 Å². The average molecular weight is 363 g/mol. The first-order valence-corrected chi connectivity index (χ1v) is 6.58. The number of furan rings is 1. The monoisotopic (exact) mass is 361 g/mol. The van der Waals surface area contributed by atoms with Crippen LogP contribution in [0.2, 0.25) is 0 Å². The van der Waals surface area contributed by atoms with E-state index < -0.39 is 0 Å². The number of halogens is 3. The number of nitrogens with one attached hydrogen (secondary N) is 1. The van der Waals surface area contributed by atoms with Crippen LogP contribution in [-0.2, 0) is 6.54 Å². The molecule has 1 aromatic heterocycles. The van der Waals surface area contributed by atoms with Crippen LogP contribution in [0.4, 0.5) is 10.1 Å². The highest BCUT2D eigenvalue weighted by molar-refractivity contribution is 9.10. The molecular weight excluding hydrogens is 353 g/mol. The van der Waals surface area contributed by atoms with E-state index in [1.807, 2.05) is 13.0 Å². The lowest BCUT2D eigenvalue weighted by atomic mass is 10.2. The maximum atomic E-state index is 13.2. The van der Waals surface area contributed by atoms with Crippen LogP contribution >= 0.6 is 31.9 Å². The second-order valence-corrected chi connectivity index (χ2v) is 5.34. The summed E-state index contributed by atoms with van der Waals surface area (Å²) in [5.74, 6) is 0.553. The number of rotatable bonds is 3. The Morgan fingerprint density at radius 2 is 2.06 bits per heavy atom. The highest BCUT2D eigenvalue weighted by atomic mass is 79.9. The van der Waals surface area contributed by atoms with Crippen molar-refractivity contribution in [2.75, 3.05) is 5.32 Å². The topological polar surface area (TPSA) is 25.2 Å². The molecule has 0 bridgehead atoms. The van der Waals surface area contributed by atoms with Crippen molar-refractivity contribution in [2.45, 2.75) is 13.5 Å². The van der Waals surface area contributed by atoms with Crippen molar-refractivity contribution < 1.29 is 8.81 Å². The first-order chi connectivity index (χ1) is 8.08. The molecule has 1 heterocycles. The van der Waals surface area contributed by atoms with Crippen LogP contribution in [0.1, 0.15) is 11.3 Å². The molecule has 1 N–H and O–H groups in total. The summed E-state index contributed by atoms with van der Waals surface area (Å²) < 4.78 is 19.9. The second-order valence-electron chi connectivity index (χ2n) is 3.63. The lowest BCUT2D eigenvalue weighted by Gasteiger charge is -2.09. The number of hydrogen-bond donors (Lipinski definition) is 1. The number of benzene rings is 1. The highest BCUT2D eigenvalue weighted by Gasteiger charge is 2.07. The SMILES string of the molecule is Cc1cc(F)c(Br)cc1NCc1occc1Br. The third-order valence-electron chi connectivity index (χ3n) is 2.40. The Labute approximate surface area is 115 Å². The molecule has 0 amide bonds. The largest absolute Gasteiger partial charge is 0.466 e. The van der Waals surface area contributed by atoms with Gasteiger partial charge in [-0.25, -0.2) is 4.39 Å². The zero-order chi connectivity index (χ0) is 12.4. The molecule has 0 saturated heterocycles. The molecular formula is C12H10Br2FNO. The summed E-state index contributed by atoms with van der Waals surface area (Å²) in [6.45, 7) is 2.40. The average Bonchev–Trinajstić information content (AvgIpc) is 2.68. The fourth-order valence-corrected chi connectivity index (χ4v) is 2.15. The van der Waals surface area contributed by atoms with Crippen LogP contribution in [0, 0.1) is 12.7 Å². The van der Waals surface area contributed by atoms with E-state index in [1.165, 1.54) is 6.07 Å². The Morgan fingerprint density at radius 3 is 2.71 bits per heavy atom. The van der Waals surface area contributed by atoms with E-state index >= 15 is 0 Å². The Kier molecular flexibility index (Phi) is 3.89. The molecule has 2 rings (SSSR count). The van der Waals surface area contributed by atoms with E-state index in [9.17, 15) is 4.39 Å². The van der Waals surface area contributed by atoms with Crippen LogP contribution in [0.3, 0.4) is 0 Å². The minimum absolute atomic E-state index is 0.257. The predicted octanol–water partition coefficient (Wildman–Crippen LogP) is 4.86. The van der Waals surface area contributed by atoms with Crippen molar-refractivity contribution in [3.8, 4) is 0 Å². The van der Waals surface area contributed by atoms with E-state index in [4.69, 9.17) is 4.42 Å². The molecule has 0 saturated carbocycles. The smallest absolute Gasteiger partial charge is 0.137 e. The summed E-state index contributed by atoms with van der Waals surface area (Å²) in [4.78, 5) is 0. The molecule has 5 heteroatoms. The molecule has 2 aromatic rings. The quantitative estimate of drug-likeness (QED) is 0.843. The van der Waals surface area contributed by atoms with Gasteiger partial charge in [0, 0.05) is 5.69 Å². The molecule has 0 aliphatic rings. The summed E-state index contributed by atoms with van der Waals surface area (Å²) in [7, 11) is 0. The Balaban J connectivity index is 2.14. The summed E-state index contributed by atoms with van der Waals surface area (Å²) >= 11 is 6.55. The van der Waals surface area contributed by atoms with Crippen molar-refractivity contribution in [2.24, 2.45) is 0 Å². The van der Waals surface area contributed by atoms with Gasteiger partial charge in [0.15, 0.2) is 0 Å². The van der Waals surface area contributed by atoms with Gasteiger partial charge in [0.05, 0.1) is 21.8 Å². The minimum atomic E-state index is -0.257. The molecule has 0 spiro atoms. The maximum Gasteiger partial charge on any atom is 0.137 e. The zero-order valence-electron chi connectivity index (χ0n) is 9.06. The zero-order valence-corrected chi connectivity index (χ0v) is 12.2. The molecule has 0 aliphatic heterocycles. The van der Waals surface area contributed by atoms with Crippen LogP contribution in [0.5, 0.6) is 0 Å². The van der Waals surface area contributed by atoms with Gasteiger partial charge in [-0.1, -0.05) is 0 Å². The van der Waals surface area contributed by atoms with Gasteiger partial charge in [0.25, 0.3) is 0 Å². The van der Waals surface area contributed by atoms with Crippen LogP contribution in [0.15, 0.2) is 37.8 Å². The van der Waals surface area contributed by atoms with Crippen LogP contribution in [-0.4, -0.2) is 0 Å². The van der Waals surface area contributed by atoms with Gasteiger partial charge in [-0.05, 0) is 62.5 Å². The van der Waals surface area contributed by atoms with Crippen molar-refractivity contribution in [1.82, 2.24) is 0 Å². The third kappa shape index (κ3) is 2.90. The molecule has 2 nitrogen and oxygen atoms in total. The van der Waals surface area contributed by atoms with E-state index in [0.717, 1.165) is 21.5 Å². The van der Waals surface area contributed by atoms with E-state index in [2.05, 4.69) is 37.2 Å². The van der Waals surface area contributed by atoms with Crippen molar-refractivity contribution in [3.05, 3.63) is 50.5 Å². The van der Waals surface area contributed by atoms with E-state index in [1.54, 1.807) is 12.3 Å². The highest BCUT2D eigenvalue weighted by Crippen LogP contribution is 2.25. The van der Waals surface area contributed by atoms with Gasteiger partial charge in [-0.15, -0.1) is 0 Å². The maximum absolute atomic E-state index is 13.2. The summed E-state index contributed by atoms with van der Waals surface area (Å²) in [5.41, 5.74) is 1.73. The van der Waals surface area contributed by atoms with Crippen LogP contribution in [0.25, 0.3) is 0 Å². The molecule has 0 unspecified atom stereocenters. The van der Waals surface area contributed by atoms with E-state index in [-0.39, 0.29) is 5.82 Å². The molecule has 0 fully saturated rings. The first-order valence-electron chi connectivity index (χ1n) is 4.99.